The topological polar surface area (TPSA) is 54.7 Å². The van der Waals surface area contributed by atoms with Crippen LogP contribution in [0.5, 0.6) is 0 Å². The quantitative estimate of drug-likeness (QED) is 0.738. The SMILES string of the molecule is Nc1n[nH]c(-c2ccc(F)c(Br)c2)c1-c1ccccc1. The molecule has 3 aromatic rings. The summed E-state index contributed by atoms with van der Waals surface area (Å²) in [6.45, 7) is 0. The van der Waals surface area contributed by atoms with Crippen molar-refractivity contribution in [2.45, 2.75) is 0 Å². The zero-order valence-corrected chi connectivity index (χ0v) is 12.0. The van der Waals surface area contributed by atoms with E-state index >= 15 is 0 Å². The molecule has 20 heavy (non-hydrogen) atoms. The molecule has 2 aromatic carbocycles. The average molecular weight is 332 g/mol. The molecule has 0 fully saturated rings. The normalized spacial score (nSPS) is 10.7. The van der Waals surface area contributed by atoms with Crippen molar-refractivity contribution < 1.29 is 4.39 Å². The lowest BCUT2D eigenvalue weighted by Crippen LogP contribution is -1.89. The molecule has 3 N–H and O–H groups in total. The molecule has 0 unspecified atom stereocenters. The zero-order valence-electron chi connectivity index (χ0n) is 10.4. The van der Waals surface area contributed by atoms with Crippen LogP contribution in [0.25, 0.3) is 22.4 Å². The maximum Gasteiger partial charge on any atom is 0.153 e. The number of anilines is 1. The first-order valence-corrected chi connectivity index (χ1v) is 6.81. The van der Waals surface area contributed by atoms with Crippen molar-refractivity contribution in [1.29, 1.82) is 0 Å². The Morgan fingerprint density at radius 3 is 2.50 bits per heavy atom. The van der Waals surface area contributed by atoms with Crippen LogP contribution in [0.4, 0.5) is 10.2 Å². The number of nitrogens with one attached hydrogen (secondary N) is 1. The molecule has 0 saturated heterocycles. The molecule has 3 rings (SSSR count). The van der Waals surface area contributed by atoms with Crippen molar-refractivity contribution in [3.05, 3.63) is 58.8 Å². The van der Waals surface area contributed by atoms with Crippen molar-refractivity contribution in [3.63, 3.8) is 0 Å². The van der Waals surface area contributed by atoms with Gasteiger partial charge in [-0.05, 0) is 39.7 Å². The molecule has 0 aliphatic rings. The molecule has 0 bridgehead atoms. The molecule has 0 amide bonds. The summed E-state index contributed by atoms with van der Waals surface area (Å²) in [6.07, 6.45) is 0. The number of nitrogens with zero attached hydrogens (tertiary/aromatic N) is 1. The number of nitrogen functional groups attached to an aromatic ring is 1. The number of hydrogen-bond donors (Lipinski definition) is 2. The van der Waals surface area contributed by atoms with E-state index in [2.05, 4.69) is 26.1 Å². The van der Waals surface area contributed by atoms with E-state index in [-0.39, 0.29) is 5.82 Å². The molecule has 0 aliphatic heterocycles. The Hall–Kier alpha value is -2.14. The molecule has 3 nitrogen and oxygen atoms in total. The smallest absolute Gasteiger partial charge is 0.153 e. The second kappa shape index (κ2) is 5.09. The van der Waals surface area contributed by atoms with E-state index in [1.165, 1.54) is 6.07 Å². The van der Waals surface area contributed by atoms with E-state index in [0.717, 1.165) is 22.4 Å². The van der Waals surface area contributed by atoms with Gasteiger partial charge in [0, 0.05) is 5.56 Å². The number of aromatic nitrogens is 2. The van der Waals surface area contributed by atoms with Crippen molar-refractivity contribution >= 4 is 21.7 Å². The van der Waals surface area contributed by atoms with Gasteiger partial charge in [0.25, 0.3) is 0 Å². The third-order valence-electron chi connectivity index (χ3n) is 3.07. The minimum absolute atomic E-state index is 0.303. The van der Waals surface area contributed by atoms with E-state index in [9.17, 15) is 4.39 Å². The van der Waals surface area contributed by atoms with Gasteiger partial charge >= 0.3 is 0 Å². The third-order valence-corrected chi connectivity index (χ3v) is 3.67. The van der Waals surface area contributed by atoms with E-state index in [4.69, 9.17) is 5.73 Å². The molecule has 0 spiro atoms. The number of aromatic amines is 1. The zero-order chi connectivity index (χ0) is 14.1. The molecular formula is C15H11BrFN3. The van der Waals surface area contributed by atoms with Gasteiger partial charge in [-0.1, -0.05) is 30.3 Å². The Morgan fingerprint density at radius 1 is 1.05 bits per heavy atom. The monoisotopic (exact) mass is 331 g/mol. The first-order valence-electron chi connectivity index (χ1n) is 6.01. The molecule has 0 atom stereocenters. The maximum absolute atomic E-state index is 13.3. The van der Waals surface area contributed by atoms with Crippen LogP contribution in [-0.2, 0) is 0 Å². The fourth-order valence-corrected chi connectivity index (χ4v) is 2.49. The van der Waals surface area contributed by atoms with Crippen LogP contribution in [0.3, 0.4) is 0 Å². The van der Waals surface area contributed by atoms with Crippen LogP contribution in [-0.4, -0.2) is 10.2 Å². The van der Waals surface area contributed by atoms with E-state index in [1.807, 2.05) is 30.3 Å². The highest BCUT2D eigenvalue weighted by Gasteiger charge is 2.15. The molecule has 5 heteroatoms. The van der Waals surface area contributed by atoms with Gasteiger partial charge in [-0.2, -0.15) is 5.10 Å². The Balaban J connectivity index is 2.18. The Morgan fingerprint density at radius 2 is 1.80 bits per heavy atom. The molecular weight excluding hydrogens is 321 g/mol. The predicted octanol–water partition coefficient (Wildman–Crippen LogP) is 4.23. The molecule has 0 radical (unpaired) electrons. The van der Waals surface area contributed by atoms with Gasteiger partial charge in [0.2, 0.25) is 0 Å². The number of rotatable bonds is 2. The first kappa shape index (κ1) is 12.9. The fraction of sp³-hybridized carbons (Fsp3) is 0. The van der Waals surface area contributed by atoms with Crippen molar-refractivity contribution in [2.24, 2.45) is 0 Å². The Kier molecular flexibility index (Phi) is 3.28. The van der Waals surface area contributed by atoms with Gasteiger partial charge in [-0.3, -0.25) is 5.10 Å². The molecule has 0 saturated carbocycles. The lowest BCUT2D eigenvalue weighted by Gasteiger charge is -2.05. The standard InChI is InChI=1S/C15H11BrFN3/c16-11-8-10(6-7-12(11)17)14-13(15(18)20-19-14)9-4-2-1-3-5-9/h1-8H,(H3,18,19,20). The van der Waals surface area contributed by atoms with Gasteiger partial charge in [0.15, 0.2) is 5.82 Å². The molecule has 0 aliphatic carbocycles. The molecule has 100 valence electrons. The summed E-state index contributed by atoms with van der Waals surface area (Å²) < 4.78 is 13.8. The van der Waals surface area contributed by atoms with E-state index in [1.54, 1.807) is 12.1 Å². The van der Waals surface area contributed by atoms with Crippen LogP contribution in [0.1, 0.15) is 0 Å². The van der Waals surface area contributed by atoms with Crippen molar-refractivity contribution in [2.75, 3.05) is 5.73 Å². The number of hydrogen-bond acceptors (Lipinski definition) is 2. The summed E-state index contributed by atoms with van der Waals surface area (Å²) in [5.41, 5.74) is 9.33. The lowest BCUT2D eigenvalue weighted by atomic mass is 10.0. The predicted molar refractivity (Wildman–Crippen MR) is 81.5 cm³/mol. The maximum atomic E-state index is 13.3. The number of halogens is 2. The largest absolute Gasteiger partial charge is 0.382 e. The highest BCUT2D eigenvalue weighted by Crippen LogP contribution is 2.35. The number of benzene rings is 2. The Bertz CT molecular complexity index is 753. The van der Waals surface area contributed by atoms with Gasteiger partial charge in [-0.15, -0.1) is 0 Å². The van der Waals surface area contributed by atoms with Crippen molar-refractivity contribution in [1.82, 2.24) is 10.2 Å². The van der Waals surface area contributed by atoms with Gasteiger partial charge in [0.1, 0.15) is 5.82 Å². The minimum atomic E-state index is -0.303. The van der Waals surface area contributed by atoms with E-state index in [0.29, 0.717) is 10.3 Å². The highest BCUT2D eigenvalue weighted by atomic mass is 79.9. The molecule has 1 aromatic heterocycles. The molecule has 1 heterocycles. The van der Waals surface area contributed by atoms with Crippen LogP contribution < -0.4 is 5.73 Å². The van der Waals surface area contributed by atoms with Gasteiger partial charge < -0.3 is 5.73 Å². The first-order chi connectivity index (χ1) is 9.66. The highest BCUT2D eigenvalue weighted by molar-refractivity contribution is 9.10. The fourth-order valence-electron chi connectivity index (χ4n) is 2.11. The minimum Gasteiger partial charge on any atom is -0.382 e. The van der Waals surface area contributed by atoms with Crippen molar-refractivity contribution in [3.8, 4) is 22.4 Å². The van der Waals surface area contributed by atoms with Gasteiger partial charge in [-0.25, -0.2) is 4.39 Å². The number of H-pyrrole nitrogens is 1. The van der Waals surface area contributed by atoms with Gasteiger partial charge in [0.05, 0.1) is 15.7 Å². The van der Waals surface area contributed by atoms with Crippen LogP contribution in [0.2, 0.25) is 0 Å². The second-order valence-corrected chi connectivity index (χ2v) is 5.21. The van der Waals surface area contributed by atoms with Crippen LogP contribution in [0, 0.1) is 5.82 Å². The number of nitrogens with two attached hydrogens (primary N) is 1. The summed E-state index contributed by atoms with van der Waals surface area (Å²) in [4.78, 5) is 0. The van der Waals surface area contributed by atoms with E-state index < -0.39 is 0 Å². The third kappa shape index (κ3) is 2.20. The summed E-state index contributed by atoms with van der Waals surface area (Å²) in [6, 6.07) is 14.5. The lowest BCUT2D eigenvalue weighted by molar-refractivity contribution is 0.621. The van der Waals surface area contributed by atoms with Crippen LogP contribution >= 0.6 is 15.9 Å². The second-order valence-electron chi connectivity index (χ2n) is 4.35. The van der Waals surface area contributed by atoms with Crippen LogP contribution in [0.15, 0.2) is 53.0 Å². The summed E-state index contributed by atoms with van der Waals surface area (Å²) >= 11 is 3.19. The Labute approximate surface area is 123 Å². The average Bonchev–Trinajstić information content (AvgIpc) is 2.85. The summed E-state index contributed by atoms with van der Waals surface area (Å²) in [7, 11) is 0. The summed E-state index contributed by atoms with van der Waals surface area (Å²) in [5.74, 6) is 0.120. The summed E-state index contributed by atoms with van der Waals surface area (Å²) in [5, 5.41) is 6.98.